The summed E-state index contributed by atoms with van der Waals surface area (Å²) >= 11 is 0. The molecule has 2 heterocycles. The van der Waals surface area contributed by atoms with Gasteiger partial charge in [0, 0.05) is 17.3 Å². The smallest absolute Gasteiger partial charge is 0.182 e. The van der Waals surface area contributed by atoms with Crippen LogP contribution >= 0.6 is 0 Å². The van der Waals surface area contributed by atoms with Crippen molar-refractivity contribution < 1.29 is 0 Å². The Labute approximate surface area is 381 Å². The van der Waals surface area contributed by atoms with Crippen molar-refractivity contribution in [2.75, 3.05) is 0 Å². The number of pyridine rings is 1. The van der Waals surface area contributed by atoms with Crippen LogP contribution in [0.1, 0.15) is 50.1 Å². The zero-order chi connectivity index (χ0) is 43.8. The third kappa shape index (κ3) is 8.60. The first-order valence-electron chi connectivity index (χ1n) is 21.9. The van der Waals surface area contributed by atoms with Crippen molar-refractivity contribution >= 4 is 34.0 Å². The van der Waals surface area contributed by atoms with Crippen LogP contribution in [0.25, 0.3) is 56.5 Å². The van der Waals surface area contributed by atoms with Crippen LogP contribution in [0.5, 0.6) is 0 Å². The SMILES string of the molecule is C=C/C=C\c1cc2nc(-c3ccc(C(=C(c4ccccc4)c4ccccc4)c4ccccc4)cc3)nn2cc1-c1ccc(C(=C(c2ccccc2)c2ccccc2)c2ccccc2)cc1. The van der Waals surface area contributed by atoms with Gasteiger partial charge < -0.3 is 0 Å². The second-order valence-electron chi connectivity index (χ2n) is 15.8. The fourth-order valence-corrected chi connectivity index (χ4v) is 8.67. The van der Waals surface area contributed by atoms with Gasteiger partial charge in [-0.3, -0.25) is 0 Å². The van der Waals surface area contributed by atoms with E-state index in [2.05, 4.69) is 255 Å². The van der Waals surface area contributed by atoms with Gasteiger partial charge in [0.15, 0.2) is 11.5 Å². The van der Waals surface area contributed by atoms with Crippen molar-refractivity contribution in [3.8, 4) is 22.5 Å². The fraction of sp³-hybridized carbons (Fsp3) is 0. The maximum absolute atomic E-state index is 5.07. The van der Waals surface area contributed by atoms with Gasteiger partial charge in [-0.2, -0.15) is 0 Å². The second kappa shape index (κ2) is 18.8. The molecule has 0 amide bonds. The molecular weight excluding hydrogens is 787 g/mol. The minimum atomic E-state index is 0.659. The molecule has 308 valence electrons. The number of allylic oxidation sites excluding steroid dienone is 2. The molecule has 0 N–H and O–H groups in total. The van der Waals surface area contributed by atoms with Crippen LogP contribution in [0, 0.1) is 0 Å². The maximum Gasteiger partial charge on any atom is 0.182 e. The van der Waals surface area contributed by atoms with Crippen molar-refractivity contribution in [3.05, 3.63) is 312 Å². The van der Waals surface area contributed by atoms with E-state index in [0.29, 0.717) is 5.82 Å². The molecule has 10 aromatic rings. The lowest BCUT2D eigenvalue weighted by Crippen LogP contribution is -1.98. The number of hydrogen-bond acceptors (Lipinski definition) is 2. The molecule has 0 saturated heterocycles. The average molecular weight is 832 g/mol. The van der Waals surface area contributed by atoms with Gasteiger partial charge in [0.2, 0.25) is 0 Å². The number of aromatic nitrogens is 3. The van der Waals surface area contributed by atoms with E-state index in [4.69, 9.17) is 10.1 Å². The second-order valence-corrected chi connectivity index (χ2v) is 15.8. The summed E-state index contributed by atoms with van der Waals surface area (Å²) in [6.07, 6.45) is 7.96. The highest BCUT2D eigenvalue weighted by molar-refractivity contribution is 6.06. The summed E-state index contributed by atoms with van der Waals surface area (Å²) in [4.78, 5) is 5.07. The first-order chi connectivity index (χ1) is 32.2. The topological polar surface area (TPSA) is 30.2 Å². The van der Waals surface area contributed by atoms with Crippen molar-refractivity contribution in [2.45, 2.75) is 0 Å². The fourth-order valence-electron chi connectivity index (χ4n) is 8.67. The van der Waals surface area contributed by atoms with Crippen molar-refractivity contribution in [2.24, 2.45) is 0 Å². The van der Waals surface area contributed by atoms with E-state index in [-0.39, 0.29) is 0 Å². The lowest BCUT2D eigenvalue weighted by Gasteiger charge is -2.18. The van der Waals surface area contributed by atoms with E-state index >= 15 is 0 Å². The monoisotopic (exact) mass is 831 g/mol. The first-order valence-corrected chi connectivity index (χ1v) is 21.9. The highest BCUT2D eigenvalue weighted by Gasteiger charge is 2.19. The van der Waals surface area contributed by atoms with Crippen molar-refractivity contribution in [3.63, 3.8) is 0 Å². The Morgan fingerprint density at radius 2 is 0.708 bits per heavy atom. The number of fused-ring (bicyclic) bond motifs is 1. The van der Waals surface area contributed by atoms with Crippen LogP contribution in [0.3, 0.4) is 0 Å². The molecule has 0 aliphatic heterocycles. The van der Waals surface area contributed by atoms with Crippen LogP contribution in [0.4, 0.5) is 0 Å². The molecule has 65 heavy (non-hydrogen) atoms. The first kappa shape index (κ1) is 40.4. The van der Waals surface area contributed by atoms with E-state index < -0.39 is 0 Å². The van der Waals surface area contributed by atoms with Crippen LogP contribution in [0.2, 0.25) is 0 Å². The van der Waals surface area contributed by atoms with E-state index in [9.17, 15) is 0 Å². The minimum absolute atomic E-state index is 0.659. The van der Waals surface area contributed by atoms with Gasteiger partial charge in [0.1, 0.15) is 0 Å². The Hall–Kier alpha value is -8.66. The zero-order valence-corrected chi connectivity index (χ0v) is 35.9. The van der Waals surface area contributed by atoms with Crippen molar-refractivity contribution in [1.82, 2.24) is 14.6 Å². The van der Waals surface area contributed by atoms with Crippen LogP contribution in [-0.4, -0.2) is 14.6 Å². The molecule has 0 unspecified atom stereocenters. The quantitative estimate of drug-likeness (QED) is 0.0907. The summed E-state index contributed by atoms with van der Waals surface area (Å²) in [6.45, 7) is 3.97. The maximum atomic E-state index is 5.07. The number of rotatable bonds is 12. The molecule has 0 saturated carbocycles. The van der Waals surface area contributed by atoms with E-state index in [1.165, 1.54) is 16.7 Å². The lowest BCUT2D eigenvalue weighted by atomic mass is 9.85. The van der Waals surface area contributed by atoms with Gasteiger partial charge in [0.25, 0.3) is 0 Å². The van der Waals surface area contributed by atoms with Gasteiger partial charge in [-0.1, -0.05) is 255 Å². The van der Waals surface area contributed by atoms with Crippen LogP contribution in [0.15, 0.2) is 262 Å². The average Bonchev–Trinajstić information content (AvgIpc) is 3.81. The molecule has 2 aromatic heterocycles. The molecule has 0 spiro atoms. The van der Waals surface area contributed by atoms with Gasteiger partial charge >= 0.3 is 0 Å². The summed E-state index contributed by atoms with van der Waals surface area (Å²) in [6, 6.07) is 83.7. The molecule has 3 heteroatoms. The Morgan fingerprint density at radius 3 is 1.05 bits per heavy atom. The molecule has 3 nitrogen and oxygen atoms in total. The molecule has 10 rings (SSSR count). The molecule has 0 bridgehead atoms. The van der Waals surface area contributed by atoms with Crippen molar-refractivity contribution in [1.29, 1.82) is 0 Å². The highest BCUT2D eigenvalue weighted by atomic mass is 15.3. The molecule has 0 radical (unpaired) electrons. The van der Waals surface area contributed by atoms with Gasteiger partial charge in [-0.15, -0.1) is 5.10 Å². The summed E-state index contributed by atoms with van der Waals surface area (Å²) in [5.41, 5.74) is 18.7. The predicted molar refractivity (Wildman–Crippen MR) is 272 cm³/mol. The molecule has 0 fully saturated rings. The van der Waals surface area contributed by atoms with E-state index in [1.54, 1.807) is 6.08 Å². The zero-order valence-electron chi connectivity index (χ0n) is 35.9. The van der Waals surface area contributed by atoms with Gasteiger partial charge in [-0.25, -0.2) is 9.50 Å². The van der Waals surface area contributed by atoms with Crippen LogP contribution < -0.4 is 0 Å². The number of nitrogens with zero attached hydrogens (tertiary/aromatic N) is 3. The standard InChI is InChI=1S/C62H45N3/c1-2-3-22-55-43-57-63-62(54-41-39-53(40-42-54)61(51-33-20-9-21-34-51)59(48-27-14-6-15-28-48)49-29-16-7-17-30-49)64-65(57)44-56(55)45-35-37-52(38-36-45)60(50-31-18-8-19-32-50)58(46-23-10-4-11-24-46)47-25-12-5-13-26-47/h2-44H,1H2/b22-3-. The minimum Gasteiger partial charge on any atom is -0.220 e. The van der Waals surface area contributed by atoms with E-state index in [1.807, 2.05) is 10.6 Å². The summed E-state index contributed by atoms with van der Waals surface area (Å²) in [7, 11) is 0. The third-order valence-corrected chi connectivity index (χ3v) is 11.7. The van der Waals surface area contributed by atoms with Crippen LogP contribution in [-0.2, 0) is 0 Å². The molecule has 0 aliphatic carbocycles. The summed E-state index contributed by atoms with van der Waals surface area (Å²) in [5.74, 6) is 0.659. The third-order valence-electron chi connectivity index (χ3n) is 11.7. The molecule has 0 atom stereocenters. The number of hydrogen-bond donors (Lipinski definition) is 0. The predicted octanol–water partition coefficient (Wildman–Crippen LogP) is 15.3. The van der Waals surface area contributed by atoms with E-state index in [0.717, 1.165) is 78.0 Å². The molecular formula is C62H45N3. The Balaban J connectivity index is 1.05. The number of benzene rings is 8. The Bertz CT molecular complexity index is 3210. The van der Waals surface area contributed by atoms with Gasteiger partial charge in [-0.05, 0) is 84.0 Å². The normalized spacial score (nSPS) is 11.1. The largest absolute Gasteiger partial charge is 0.220 e. The summed E-state index contributed by atoms with van der Waals surface area (Å²) in [5, 5.41) is 5.07. The Kier molecular flexibility index (Phi) is 11.7. The Morgan fingerprint density at radius 1 is 0.385 bits per heavy atom. The molecule has 8 aromatic carbocycles. The molecule has 0 aliphatic rings. The summed E-state index contributed by atoms with van der Waals surface area (Å²) < 4.78 is 1.90. The lowest BCUT2D eigenvalue weighted by molar-refractivity contribution is 0.966. The highest BCUT2D eigenvalue weighted by Crippen LogP contribution is 2.40. The van der Waals surface area contributed by atoms with Gasteiger partial charge in [0.05, 0.1) is 0 Å².